The van der Waals surface area contributed by atoms with Crippen LogP contribution in [0.15, 0.2) is 0 Å². The number of hydrogen-bond donors (Lipinski definition) is 0. The van der Waals surface area contributed by atoms with E-state index in [-0.39, 0.29) is 16.7 Å². The van der Waals surface area contributed by atoms with Gasteiger partial charge in [-0.2, -0.15) is 0 Å². The first kappa shape index (κ1) is 18.0. The van der Waals surface area contributed by atoms with Crippen molar-refractivity contribution in [2.45, 2.75) is 51.1 Å². The predicted molar refractivity (Wildman–Crippen MR) is 77.8 cm³/mol. The average molecular weight is 326 g/mol. The highest BCUT2D eigenvalue weighted by atomic mass is 32.2. The first-order valence-corrected chi connectivity index (χ1v) is 9.43. The summed E-state index contributed by atoms with van der Waals surface area (Å²) in [5, 5.41) is 0.0578. The third-order valence-electron chi connectivity index (χ3n) is 2.61. The number of carbonyl (C=O) groups excluding carboxylic acids is 1. The summed E-state index contributed by atoms with van der Waals surface area (Å²) in [6, 6.07) is 0. The summed E-state index contributed by atoms with van der Waals surface area (Å²) >= 11 is 1.56. The molecular formula is C12H23O6PS. The fourth-order valence-electron chi connectivity index (χ4n) is 1.84. The van der Waals surface area contributed by atoms with E-state index in [0.717, 1.165) is 0 Å². The maximum Gasteiger partial charge on any atom is 0.330 e. The number of ether oxygens (including phenoxy) is 2. The number of esters is 1. The molecule has 1 rings (SSSR count). The second kappa shape index (κ2) is 8.39. The molecule has 0 amide bonds. The fraction of sp³-hybridized carbons (Fsp3) is 0.917. The molecule has 0 spiro atoms. The average Bonchev–Trinajstić information content (AvgIpc) is 2.68. The largest absolute Gasteiger partial charge is 0.435 e. The van der Waals surface area contributed by atoms with Crippen molar-refractivity contribution in [2.75, 3.05) is 19.4 Å². The van der Waals surface area contributed by atoms with E-state index in [2.05, 4.69) is 0 Å². The quantitative estimate of drug-likeness (QED) is 0.501. The molecule has 0 aromatic carbocycles. The molecule has 0 aromatic rings. The number of rotatable bonds is 8. The van der Waals surface area contributed by atoms with Gasteiger partial charge in [0.2, 0.25) is 6.29 Å². The van der Waals surface area contributed by atoms with E-state index < -0.39 is 13.9 Å². The Labute approximate surface area is 124 Å². The van der Waals surface area contributed by atoms with E-state index in [9.17, 15) is 9.36 Å². The van der Waals surface area contributed by atoms with Crippen LogP contribution in [0.3, 0.4) is 0 Å². The van der Waals surface area contributed by atoms with Crippen LogP contribution in [0, 0.1) is 0 Å². The van der Waals surface area contributed by atoms with E-state index in [0.29, 0.717) is 25.8 Å². The highest BCUT2D eigenvalue weighted by Gasteiger charge is 2.36. The zero-order valence-corrected chi connectivity index (χ0v) is 14.1. The number of thioether (sulfide) groups is 1. The monoisotopic (exact) mass is 326 g/mol. The summed E-state index contributed by atoms with van der Waals surface area (Å²) in [6.07, 6.45) is 0.289. The smallest absolute Gasteiger partial charge is 0.330 e. The lowest BCUT2D eigenvalue weighted by Crippen LogP contribution is -2.24. The Bertz CT molecular complexity index is 354. The van der Waals surface area contributed by atoms with Crippen LogP contribution in [-0.4, -0.2) is 42.3 Å². The molecule has 1 fully saturated rings. The summed E-state index contributed by atoms with van der Waals surface area (Å²) in [7, 11) is -3.04. The molecule has 20 heavy (non-hydrogen) atoms. The van der Waals surface area contributed by atoms with E-state index >= 15 is 0 Å². The Morgan fingerprint density at radius 1 is 1.30 bits per heavy atom. The molecule has 0 aliphatic carbocycles. The molecule has 0 radical (unpaired) electrons. The second-order valence-electron chi connectivity index (χ2n) is 4.34. The van der Waals surface area contributed by atoms with Gasteiger partial charge in [0.15, 0.2) is 0 Å². The molecule has 3 atom stereocenters. The van der Waals surface area contributed by atoms with Crippen molar-refractivity contribution in [3.63, 3.8) is 0 Å². The van der Waals surface area contributed by atoms with Crippen molar-refractivity contribution in [1.82, 2.24) is 0 Å². The molecule has 0 aromatic heterocycles. The molecule has 8 heteroatoms. The lowest BCUT2D eigenvalue weighted by atomic mass is 10.4. The Hall–Kier alpha value is -0.0700. The van der Waals surface area contributed by atoms with Gasteiger partial charge in [0.05, 0.1) is 24.6 Å². The van der Waals surface area contributed by atoms with Gasteiger partial charge in [-0.15, -0.1) is 11.8 Å². The van der Waals surface area contributed by atoms with Crippen LogP contribution in [0.25, 0.3) is 0 Å². The standard InChI is InChI=1S/C12H23O6PS/c1-5-15-19(14,16-6-2)8-7-11-18-12(9(3)20-11)17-10(4)13/h9,11-12H,5-8H2,1-4H3/t9-,11-,12?/m1/s1. The van der Waals surface area contributed by atoms with Crippen molar-refractivity contribution < 1.29 is 27.9 Å². The molecule has 0 bridgehead atoms. The van der Waals surface area contributed by atoms with Gasteiger partial charge in [-0.3, -0.25) is 9.36 Å². The molecule has 0 saturated carbocycles. The van der Waals surface area contributed by atoms with Gasteiger partial charge in [-0.1, -0.05) is 0 Å². The van der Waals surface area contributed by atoms with E-state index in [1.165, 1.54) is 6.92 Å². The van der Waals surface area contributed by atoms with E-state index in [4.69, 9.17) is 18.5 Å². The Morgan fingerprint density at radius 3 is 2.40 bits per heavy atom. The minimum Gasteiger partial charge on any atom is -0.435 e. The zero-order valence-electron chi connectivity index (χ0n) is 12.4. The first-order chi connectivity index (χ1) is 9.40. The fourth-order valence-corrected chi connectivity index (χ4v) is 4.84. The topological polar surface area (TPSA) is 71.1 Å². The third-order valence-corrected chi connectivity index (χ3v) is 6.02. The van der Waals surface area contributed by atoms with Crippen molar-refractivity contribution in [3.8, 4) is 0 Å². The predicted octanol–water partition coefficient (Wildman–Crippen LogP) is 3.01. The Kier molecular flexibility index (Phi) is 7.54. The van der Waals surface area contributed by atoms with Crippen molar-refractivity contribution >= 4 is 25.3 Å². The maximum absolute atomic E-state index is 12.3. The molecule has 1 aliphatic rings. The van der Waals surface area contributed by atoms with Gasteiger partial charge in [-0.05, 0) is 27.2 Å². The summed E-state index contributed by atoms with van der Waals surface area (Å²) in [6.45, 7) is 7.55. The van der Waals surface area contributed by atoms with Crippen LogP contribution in [-0.2, 0) is 27.9 Å². The minimum atomic E-state index is -3.04. The molecule has 1 unspecified atom stereocenters. The van der Waals surface area contributed by atoms with Crippen molar-refractivity contribution in [2.24, 2.45) is 0 Å². The van der Waals surface area contributed by atoms with Crippen LogP contribution in [0.1, 0.15) is 34.1 Å². The van der Waals surface area contributed by atoms with Crippen LogP contribution in [0.4, 0.5) is 0 Å². The van der Waals surface area contributed by atoms with Crippen LogP contribution in [0.2, 0.25) is 0 Å². The first-order valence-electron chi connectivity index (χ1n) is 6.76. The summed E-state index contributed by atoms with van der Waals surface area (Å²) in [4.78, 5) is 10.9. The maximum atomic E-state index is 12.3. The molecule has 1 aliphatic heterocycles. The molecule has 1 saturated heterocycles. The van der Waals surface area contributed by atoms with Crippen molar-refractivity contribution in [3.05, 3.63) is 0 Å². The van der Waals surface area contributed by atoms with Gasteiger partial charge in [0.1, 0.15) is 5.44 Å². The SMILES string of the molecule is CCOP(=O)(CC[C@@H]1OC(OC(C)=O)[C@@H](C)S1)OCC. The highest BCUT2D eigenvalue weighted by molar-refractivity contribution is 8.00. The molecular weight excluding hydrogens is 303 g/mol. The van der Waals surface area contributed by atoms with E-state index in [1.54, 1.807) is 25.6 Å². The molecule has 6 nitrogen and oxygen atoms in total. The summed E-state index contributed by atoms with van der Waals surface area (Å²) < 4.78 is 33.5. The van der Waals surface area contributed by atoms with Gasteiger partial charge >= 0.3 is 13.6 Å². The summed E-state index contributed by atoms with van der Waals surface area (Å²) in [5.41, 5.74) is -0.163. The van der Waals surface area contributed by atoms with Gasteiger partial charge in [-0.25, -0.2) is 0 Å². The Balaban J connectivity index is 2.45. The highest BCUT2D eigenvalue weighted by Crippen LogP contribution is 2.50. The normalized spacial score (nSPS) is 26.7. The van der Waals surface area contributed by atoms with Gasteiger partial charge in [0, 0.05) is 6.92 Å². The molecule has 0 N–H and O–H groups in total. The van der Waals surface area contributed by atoms with Crippen molar-refractivity contribution in [1.29, 1.82) is 0 Å². The van der Waals surface area contributed by atoms with Crippen LogP contribution >= 0.6 is 19.4 Å². The molecule has 118 valence electrons. The Morgan fingerprint density at radius 2 is 1.90 bits per heavy atom. The summed E-state index contributed by atoms with van der Waals surface area (Å²) in [5.74, 6) is -0.364. The molecule has 1 heterocycles. The van der Waals surface area contributed by atoms with Crippen LogP contribution < -0.4 is 0 Å². The van der Waals surface area contributed by atoms with Crippen LogP contribution in [0.5, 0.6) is 0 Å². The number of carbonyl (C=O) groups is 1. The van der Waals surface area contributed by atoms with Gasteiger partial charge < -0.3 is 18.5 Å². The third kappa shape index (κ3) is 5.74. The lowest BCUT2D eigenvalue weighted by molar-refractivity contribution is -0.174. The van der Waals surface area contributed by atoms with Gasteiger partial charge in [0.25, 0.3) is 0 Å². The van der Waals surface area contributed by atoms with E-state index in [1.807, 2.05) is 6.92 Å². The second-order valence-corrected chi connectivity index (χ2v) is 8.07. The minimum absolute atomic E-state index is 0.0578. The lowest BCUT2D eigenvalue weighted by Gasteiger charge is -2.18. The zero-order chi connectivity index (χ0) is 15.2. The number of hydrogen-bond acceptors (Lipinski definition) is 7.